The average Bonchev–Trinajstić information content (AvgIpc) is 3.29. The summed E-state index contributed by atoms with van der Waals surface area (Å²) in [6, 6.07) is 3.45. The summed E-state index contributed by atoms with van der Waals surface area (Å²) in [4.78, 5) is 28.7. The van der Waals surface area contributed by atoms with Crippen LogP contribution in [0.1, 0.15) is 25.3 Å². The maximum absolute atomic E-state index is 12.6. The summed E-state index contributed by atoms with van der Waals surface area (Å²) in [6.45, 7) is 7.40. The van der Waals surface area contributed by atoms with Crippen molar-refractivity contribution in [2.45, 2.75) is 25.8 Å². The van der Waals surface area contributed by atoms with E-state index in [0.717, 1.165) is 49.1 Å². The summed E-state index contributed by atoms with van der Waals surface area (Å²) >= 11 is 0.926. The molecule has 0 bridgehead atoms. The smallest absolute Gasteiger partial charge is 0.294 e. The van der Waals surface area contributed by atoms with E-state index in [0.29, 0.717) is 16.2 Å². The Bertz CT molecular complexity index is 799. The van der Waals surface area contributed by atoms with Crippen LogP contribution in [-0.4, -0.2) is 49.4 Å². The van der Waals surface area contributed by atoms with Crippen LogP contribution in [0.15, 0.2) is 29.7 Å². The molecule has 0 aromatic heterocycles. The van der Waals surface area contributed by atoms with Crippen molar-refractivity contribution < 1.29 is 19.1 Å². The van der Waals surface area contributed by atoms with Crippen LogP contribution in [0.4, 0.5) is 10.5 Å². The Morgan fingerprint density at radius 3 is 2.41 bits per heavy atom. The van der Waals surface area contributed by atoms with Gasteiger partial charge in [-0.05, 0) is 43.7 Å². The van der Waals surface area contributed by atoms with Crippen molar-refractivity contribution in [1.82, 2.24) is 4.90 Å². The van der Waals surface area contributed by atoms with Gasteiger partial charge in [0.1, 0.15) is 11.5 Å². The van der Waals surface area contributed by atoms with E-state index in [1.807, 2.05) is 12.1 Å². The van der Waals surface area contributed by atoms with Gasteiger partial charge < -0.3 is 14.4 Å². The lowest BCUT2D eigenvalue weighted by molar-refractivity contribution is -0.123. The molecule has 27 heavy (non-hydrogen) atoms. The fourth-order valence-electron chi connectivity index (χ4n) is 3.30. The normalized spacial score (nSPS) is 19.7. The predicted molar refractivity (Wildman–Crippen MR) is 108 cm³/mol. The Kier molecular flexibility index (Phi) is 5.79. The number of benzene rings is 1. The Morgan fingerprint density at radius 1 is 1.15 bits per heavy atom. The third-order valence-corrected chi connectivity index (χ3v) is 5.72. The summed E-state index contributed by atoms with van der Waals surface area (Å²) in [5.41, 5.74) is 1.69. The number of imide groups is 1. The zero-order chi connectivity index (χ0) is 19.6. The molecule has 0 unspecified atom stereocenters. The first-order chi connectivity index (χ1) is 13.0. The molecule has 144 valence electrons. The first-order valence-electron chi connectivity index (χ1n) is 8.90. The van der Waals surface area contributed by atoms with Gasteiger partial charge in [-0.15, -0.1) is 6.58 Å². The minimum Gasteiger partial charge on any atom is -0.496 e. The number of carbonyl (C=O) groups excluding carboxylic acids is 2. The highest BCUT2D eigenvalue weighted by molar-refractivity contribution is 8.18. The summed E-state index contributed by atoms with van der Waals surface area (Å²) in [7, 11) is 3.23. The molecule has 1 aromatic rings. The Labute approximate surface area is 163 Å². The van der Waals surface area contributed by atoms with Crippen molar-refractivity contribution in [3.63, 3.8) is 0 Å². The van der Waals surface area contributed by atoms with Crippen molar-refractivity contribution in [2.75, 3.05) is 32.2 Å². The van der Waals surface area contributed by atoms with Crippen molar-refractivity contribution in [2.24, 2.45) is 0 Å². The fraction of sp³-hybridized carbons (Fsp3) is 0.400. The van der Waals surface area contributed by atoms with E-state index in [1.54, 1.807) is 33.3 Å². The summed E-state index contributed by atoms with van der Waals surface area (Å²) < 4.78 is 11.1. The first kappa shape index (κ1) is 19.4. The minimum absolute atomic E-state index is 0.293. The topological polar surface area (TPSA) is 59.1 Å². The van der Waals surface area contributed by atoms with Gasteiger partial charge in [-0.1, -0.05) is 6.08 Å². The number of methoxy groups -OCH3 is 2. The molecular weight excluding hydrogens is 364 g/mol. The fourth-order valence-corrected chi connectivity index (χ4v) is 4.21. The number of anilines is 1. The number of thioether (sulfide) groups is 1. The van der Waals surface area contributed by atoms with Gasteiger partial charge in [-0.25, -0.2) is 0 Å². The van der Waals surface area contributed by atoms with Gasteiger partial charge in [0.15, 0.2) is 0 Å². The highest BCUT2D eigenvalue weighted by Gasteiger charge is 2.37. The molecule has 2 aliphatic heterocycles. The number of hydrogen-bond donors (Lipinski definition) is 0. The number of rotatable bonds is 6. The molecule has 2 heterocycles. The highest BCUT2D eigenvalue weighted by Crippen LogP contribution is 2.40. The Morgan fingerprint density at radius 2 is 1.81 bits per heavy atom. The molecule has 2 fully saturated rings. The molecule has 1 aromatic carbocycles. The molecule has 1 atom stereocenters. The molecule has 6 nitrogen and oxygen atoms in total. The monoisotopic (exact) mass is 388 g/mol. The minimum atomic E-state index is -0.350. The molecule has 0 aliphatic carbocycles. The van der Waals surface area contributed by atoms with E-state index in [4.69, 9.17) is 9.47 Å². The summed E-state index contributed by atoms with van der Waals surface area (Å²) in [6.07, 6.45) is 5.58. The maximum atomic E-state index is 12.6. The highest BCUT2D eigenvalue weighted by atomic mass is 32.2. The van der Waals surface area contributed by atoms with Gasteiger partial charge >= 0.3 is 0 Å². The molecule has 3 rings (SSSR count). The van der Waals surface area contributed by atoms with E-state index < -0.39 is 0 Å². The van der Waals surface area contributed by atoms with Crippen molar-refractivity contribution in [3.8, 4) is 11.5 Å². The van der Waals surface area contributed by atoms with E-state index in [1.165, 1.54) is 4.90 Å². The SMILES string of the molecule is C=C[C@@H](C)N1C(=O)S/C(=C/c2cc(OC)c(N3CCCC3)cc2OC)C1=O. The zero-order valence-corrected chi connectivity index (χ0v) is 16.7. The number of hydrogen-bond acceptors (Lipinski definition) is 6. The number of nitrogens with zero attached hydrogens (tertiary/aromatic N) is 2. The van der Waals surface area contributed by atoms with E-state index >= 15 is 0 Å². The summed E-state index contributed by atoms with van der Waals surface area (Å²) in [5, 5.41) is -0.293. The Balaban J connectivity index is 1.99. The third kappa shape index (κ3) is 3.69. The van der Waals surface area contributed by atoms with Gasteiger partial charge in [0.05, 0.1) is 30.9 Å². The molecule has 0 N–H and O–H groups in total. The third-order valence-electron chi connectivity index (χ3n) is 4.84. The van der Waals surface area contributed by atoms with Crippen LogP contribution in [0, 0.1) is 0 Å². The van der Waals surface area contributed by atoms with Crippen molar-refractivity contribution in [1.29, 1.82) is 0 Å². The first-order valence-corrected chi connectivity index (χ1v) is 9.72. The second-order valence-corrected chi connectivity index (χ2v) is 7.48. The molecule has 7 heteroatoms. The van der Waals surface area contributed by atoms with Gasteiger partial charge in [-0.2, -0.15) is 0 Å². The molecule has 2 saturated heterocycles. The molecule has 0 radical (unpaired) electrons. The standard InChI is InChI=1S/C20H24N2O4S/c1-5-13(2)22-19(23)18(27-20(22)24)11-14-10-17(26-4)15(12-16(14)25-3)21-8-6-7-9-21/h5,10-13H,1,6-9H2,2-4H3/b18-11+/t13-/m1/s1. The lowest BCUT2D eigenvalue weighted by Crippen LogP contribution is -2.35. The van der Waals surface area contributed by atoms with Crippen LogP contribution in [0.2, 0.25) is 0 Å². The number of carbonyl (C=O) groups is 2. The molecular formula is C20H24N2O4S. The van der Waals surface area contributed by atoms with Gasteiger partial charge in [0.2, 0.25) is 0 Å². The van der Waals surface area contributed by atoms with Crippen molar-refractivity contribution in [3.05, 3.63) is 35.3 Å². The van der Waals surface area contributed by atoms with Crippen molar-refractivity contribution >= 4 is 34.7 Å². The molecule has 0 spiro atoms. The van der Waals surface area contributed by atoms with E-state index in [9.17, 15) is 9.59 Å². The molecule has 2 amide bonds. The number of amides is 2. The summed E-state index contributed by atoms with van der Waals surface area (Å²) in [5.74, 6) is 1.05. The van der Waals surface area contributed by atoms with Crippen LogP contribution in [0.3, 0.4) is 0 Å². The van der Waals surface area contributed by atoms with Gasteiger partial charge in [-0.3, -0.25) is 14.5 Å². The van der Waals surface area contributed by atoms with Crippen LogP contribution in [0.5, 0.6) is 11.5 Å². The lowest BCUT2D eigenvalue weighted by atomic mass is 10.1. The second-order valence-electron chi connectivity index (χ2n) is 6.49. The average molecular weight is 388 g/mol. The van der Waals surface area contributed by atoms with E-state index in [-0.39, 0.29) is 17.2 Å². The number of ether oxygens (including phenoxy) is 2. The zero-order valence-electron chi connectivity index (χ0n) is 15.9. The van der Waals surface area contributed by atoms with Crippen LogP contribution in [-0.2, 0) is 4.79 Å². The van der Waals surface area contributed by atoms with Crippen LogP contribution in [0.25, 0.3) is 6.08 Å². The Hall–Kier alpha value is -2.41. The molecule has 0 saturated carbocycles. The van der Waals surface area contributed by atoms with Crippen LogP contribution >= 0.6 is 11.8 Å². The van der Waals surface area contributed by atoms with Gasteiger partial charge in [0, 0.05) is 24.7 Å². The predicted octanol–water partition coefficient (Wildman–Crippen LogP) is 3.91. The van der Waals surface area contributed by atoms with E-state index in [2.05, 4.69) is 11.5 Å². The second kappa shape index (κ2) is 8.08. The quantitative estimate of drug-likeness (QED) is 0.544. The molecule has 2 aliphatic rings. The van der Waals surface area contributed by atoms with Crippen LogP contribution < -0.4 is 14.4 Å². The largest absolute Gasteiger partial charge is 0.496 e. The lowest BCUT2D eigenvalue weighted by Gasteiger charge is -2.22. The van der Waals surface area contributed by atoms with Gasteiger partial charge in [0.25, 0.3) is 11.1 Å². The maximum Gasteiger partial charge on any atom is 0.294 e.